The van der Waals surface area contributed by atoms with Crippen molar-refractivity contribution < 1.29 is 9.18 Å². The SMILES string of the molecule is CCCNC(=O)c1cc(N)ccc1F. The first-order chi connectivity index (χ1) is 6.65. The van der Waals surface area contributed by atoms with Crippen molar-refractivity contribution in [3.63, 3.8) is 0 Å². The zero-order chi connectivity index (χ0) is 10.6. The minimum Gasteiger partial charge on any atom is -0.399 e. The minimum absolute atomic E-state index is 0.00144. The Morgan fingerprint density at radius 3 is 2.93 bits per heavy atom. The van der Waals surface area contributed by atoms with Crippen LogP contribution in [-0.4, -0.2) is 12.5 Å². The smallest absolute Gasteiger partial charge is 0.254 e. The lowest BCUT2D eigenvalue weighted by Crippen LogP contribution is -2.25. The van der Waals surface area contributed by atoms with Crippen molar-refractivity contribution in [2.45, 2.75) is 13.3 Å². The first-order valence-electron chi connectivity index (χ1n) is 4.48. The van der Waals surface area contributed by atoms with Gasteiger partial charge in [-0.15, -0.1) is 0 Å². The number of hydrogen-bond donors (Lipinski definition) is 2. The number of carbonyl (C=O) groups is 1. The number of nitrogens with two attached hydrogens (primary N) is 1. The van der Waals surface area contributed by atoms with Crippen LogP contribution < -0.4 is 11.1 Å². The van der Waals surface area contributed by atoms with E-state index in [1.165, 1.54) is 18.2 Å². The van der Waals surface area contributed by atoms with Gasteiger partial charge in [-0.25, -0.2) is 4.39 Å². The highest BCUT2D eigenvalue weighted by Crippen LogP contribution is 2.11. The molecule has 0 fully saturated rings. The third-order valence-corrected chi connectivity index (χ3v) is 1.77. The maximum atomic E-state index is 13.1. The molecule has 0 aliphatic heterocycles. The number of nitrogen functional groups attached to an aromatic ring is 1. The molecule has 0 heterocycles. The van der Waals surface area contributed by atoms with Gasteiger partial charge in [-0.1, -0.05) is 6.92 Å². The minimum atomic E-state index is -0.548. The molecule has 3 nitrogen and oxygen atoms in total. The van der Waals surface area contributed by atoms with Crippen LogP contribution in [0.25, 0.3) is 0 Å². The number of rotatable bonds is 3. The van der Waals surface area contributed by atoms with E-state index >= 15 is 0 Å². The van der Waals surface area contributed by atoms with Gasteiger partial charge in [0.05, 0.1) is 5.56 Å². The molecule has 76 valence electrons. The standard InChI is InChI=1S/C10H13FN2O/c1-2-5-13-10(14)8-6-7(12)3-4-9(8)11/h3-4,6H,2,5,12H2,1H3,(H,13,14). The summed E-state index contributed by atoms with van der Waals surface area (Å²) in [6, 6.07) is 3.95. The third-order valence-electron chi connectivity index (χ3n) is 1.77. The van der Waals surface area contributed by atoms with E-state index in [4.69, 9.17) is 5.73 Å². The van der Waals surface area contributed by atoms with Crippen LogP contribution in [0.3, 0.4) is 0 Å². The summed E-state index contributed by atoms with van der Waals surface area (Å²) in [5, 5.41) is 2.58. The Morgan fingerprint density at radius 2 is 2.29 bits per heavy atom. The van der Waals surface area contributed by atoms with Crippen LogP contribution in [-0.2, 0) is 0 Å². The second-order valence-corrected chi connectivity index (χ2v) is 3.00. The van der Waals surface area contributed by atoms with Crippen LogP contribution >= 0.6 is 0 Å². The van der Waals surface area contributed by atoms with E-state index < -0.39 is 11.7 Å². The van der Waals surface area contributed by atoms with Gasteiger partial charge in [0.25, 0.3) is 5.91 Å². The molecule has 1 aromatic carbocycles. The first-order valence-corrected chi connectivity index (χ1v) is 4.48. The number of nitrogens with one attached hydrogen (secondary N) is 1. The third kappa shape index (κ3) is 2.45. The molecule has 4 heteroatoms. The molecular formula is C10H13FN2O. The molecule has 0 saturated carbocycles. The molecule has 0 aliphatic carbocycles. The molecule has 3 N–H and O–H groups in total. The molecule has 0 atom stereocenters. The predicted octanol–water partition coefficient (Wildman–Crippen LogP) is 1.55. The van der Waals surface area contributed by atoms with Gasteiger partial charge in [-0.05, 0) is 24.6 Å². The number of anilines is 1. The van der Waals surface area contributed by atoms with Gasteiger partial charge in [-0.3, -0.25) is 4.79 Å². The average molecular weight is 196 g/mol. The number of benzene rings is 1. The van der Waals surface area contributed by atoms with Crippen LogP contribution in [0.4, 0.5) is 10.1 Å². The van der Waals surface area contributed by atoms with E-state index in [1.54, 1.807) is 0 Å². The highest BCUT2D eigenvalue weighted by Gasteiger charge is 2.10. The van der Waals surface area contributed by atoms with Crippen LogP contribution in [0, 0.1) is 5.82 Å². The highest BCUT2D eigenvalue weighted by atomic mass is 19.1. The highest BCUT2D eigenvalue weighted by molar-refractivity contribution is 5.95. The van der Waals surface area contributed by atoms with E-state index in [2.05, 4.69) is 5.32 Å². The van der Waals surface area contributed by atoms with Crippen LogP contribution in [0.1, 0.15) is 23.7 Å². The summed E-state index contributed by atoms with van der Waals surface area (Å²) in [6.07, 6.45) is 0.815. The van der Waals surface area contributed by atoms with Gasteiger partial charge < -0.3 is 11.1 Å². The van der Waals surface area contributed by atoms with Crippen molar-refractivity contribution in [1.82, 2.24) is 5.32 Å². The van der Waals surface area contributed by atoms with Crippen LogP contribution in [0.2, 0.25) is 0 Å². The lowest BCUT2D eigenvalue weighted by molar-refractivity contribution is 0.0949. The summed E-state index contributed by atoms with van der Waals surface area (Å²) in [7, 11) is 0. The zero-order valence-electron chi connectivity index (χ0n) is 8.01. The van der Waals surface area contributed by atoms with E-state index in [-0.39, 0.29) is 5.56 Å². The lowest BCUT2D eigenvalue weighted by atomic mass is 10.2. The molecule has 0 bridgehead atoms. The molecule has 1 aromatic rings. The predicted molar refractivity (Wildman–Crippen MR) is 53.4 cm³/mol. The first kappa shape index (κ1) is 10.5. The molecular weight excluding hydrogens is 183 g/mol. The summed E-state index contributed by atoms with van der Waals surface area (Å²) < 4.78 is 13.1. The van der Waals surface area contributed by atoms with Gasteiger partial charge in [0.2, 0.25) is 0 Å². The molecule has 14 heavy (non-hydrogen) atoms. The Bertz CT molecular complexity index is 339. The molecule has 1 rings (SSSR count). The van der Waals surface area contributed by atoms with Crippen molar-refractivity contribution in [3.05, 3.63) is 29.6 Å². The Balaban J connectivity index is 2.83. The lowest BCUT2D eigenvalue weighted by Gasteiger charge is -2.05. The zero-order valence-corrected chi connectivity index (χ0v) is 8.01. The number of carbonyl (C=O) groups excluding carboxylic acids is 1. The van der Waals surface area contributed by atoms with Gasteiger partial charge in [-0.2, -0.15) is 0 Å². The fourth-order valence-electron chi connectivity index (χ4n) is 1.05. The molecule has 0 aliphatic rings. The number of halogens is 1. The maximum absolute atomic E-state index is 13.1. The van der Waals surface area contributed by atoms with E-state index in [0.717, 1.165) is 6.42 Å². The second-order valence-electron chi connectivity index (χ2n) is 3.00. The molecule has 0 saturated heterocycles. The van der Waals surface area contributed by atoms with Crippen molar-refractivity contribution in [3.8, 4) is 0 Å². The second kappa shape index (κ2) is 4.60. The molecule has 0 radical (unpaired) electrons. The Hall–Kier alpha value is -1.58. The quantitative estimate of drug-likeness (QED) is 0.720. The number of hydrogen-bond acceptors (Lipinski definition) is 2. The molecule has 1 amide bonds. The van der Waals surface area contributed by atoms with Gasteiger partial charge in [0.15, 0.2) is 0 Å². The fraction of sp³-hybridized carbons (Fsp3) is 0.300. The largest absolute Gasteiger partial charge is 0.399 e. The van der Waals surface area contributed by atoms with Gasteiger partial charge >= 0.3 is 0 Å². The molecule has 0 unspecified atom stereocenters. The summed E-state index contributed by atoms with van der Waals surface area (Å²) in [5.74, 6) is -0.968. The van der Waals surface area contributed by atoms with E-state index in [9.17, 15) is 9.18 Å². The normalized spacial score (nSPS) is 9.86. The van der Waals surface area contributed by atoms with E-state index in [0.29, 0.717) is 12.2 Å². The topological polar surface area (TPSA) is 55.1 Å². The average Bonchev–Trinajstić information content (AvgIpc) is 2.18. The fourth-order valence-corrected chi connectivity index (χ4v) is 1.05. The summed E-state index contributed by atoms with van der Waals surface area (Å²) in [4.78, 5) is 11.4. The Labute approximate surface area is 82.1 Å². The van der Waals surface area contributed by atoms with Crippen molar-refractivity contribution >= 4 is 11.6 Å². The van der Waals surface area contributed by atoms with Crippen molar-refractivity contribution in [2.24, 2.45) is 0 Å². The van der Waals surface area contributed by atoms with Crippen LogP contribution in [0.5, 0.6) is 0 Å². The summed E-state index contributed by atoms with van der Waals surface area (Å²) >= 11 is 0. The van der Waals surface area contributed by atoms with Crippen molar-refractivity contribution in [2.75, 3.05) is 12.3 Å². The molecule has 0 spiro atoms. The molecule has 0 aromatic heterocycles. The van der Waals surface area contributed by atoms with Gasteiger partial charge in [0.1, 0.15) is 5.82 Å². The van der Waals surface area contributed by atoms with Crippen LogP contribution in [0.15, 0.2) is 18.2 Å². The monoisotopic (exact) mass is 196 g/mol. The Morgan fingerprint density at radius 1 is 1.57 bits per heavy atom. The van der Waals surface area contributed by atoms with Gasteiger partial charge in [0, 0.05) is 12.2 Å². The van der Waals surface area contributed by atoms with Crippen molar-refractivity contribution in [1.29, 1.82) is 0 Å². The maximum Gasteiger partial charge on any atom is 0.254 e. The Kier molecular flexibility index (Phi) is 3.45. The number of amides is 1. The van der Waals surface area contributed by atoms with E-state index in [1.807, 2.05) is 6.92 Å². The summed E-state index contributed by atoms with van der Waals surface area (Å²) in [5.41, 5.74) is 5.83. The summed E-state index contributed by atoms with van der Waals surface area (Å²) in [6.45, 7) is 2.46.